The second-order valence-corrected chi connectivity index (χ2v) is 9.63. The van der Waals surface area contributed by atoms with Crippen molar-refractivity contribution < 1.29 is 35.1 Å². The average Bonchev–Trinajstić information content (AvgIpc) is 3.21. The second-order valence-electron chi connectivity index (χ2n) is 7.79. The van der Waals surface area contributed by atoms with Crippen molar-refractivity contribution in [3.63, 3.8) is 0 Å². The Labute approximate surface area is 174 Å². The molecule has 2 N–H and O–H groups in total. The fraction of sp³-hybridized carbons (Fsp3) is 0.500. The zero-order valence-corrected chi connectivity index (χ0v) is 17.0. The number of alkyl halides is 3. The number of fused-ring (bicyclic) bond motifs is 1. The molecule has 2 aliphatic rings. The number of nitrogens with zero attached hydrogens (tertiary/aromatic N) is 3. The lowest BCUT2D eigenvalue weighted by atomic mass is 9.89. The summed E-state index contributed by atoms with van der Waals surface area (Å²) in [5.74, 6) is -1.72. The summed E-state index contributed by atoms with van der Waals surface area (Å²) in [6.45, 7) is 0.00134. The number of rotatable bonds is 3. The van der Waals surface area contributed by atoms with Gasteiger partial charge in [-0.2, -0.15) is 22.4 Å². The van der Waals surface area contributed by atoms with E-state index in [2.05, 4.69) is 5.10 Å². The Morgan fingerprint density at radius 3 is 2.55 bits per heavy atom. The Bertz CT molecular complexity index is 1080. The highest BCUT2D eigenvalue weighted by Gasteiger charge is 2.54. The van der Waals surface area contributed by atoms with E-state index in [0.717, 1.165) is 28.5 Å². The first kappa shape index (κ1) is 22.1. The number of halogens is 5. The second kappa shape index (κ2) is 7.50. The summed E-state index contributed by atoms with van der Waals surface area (Å²) in [4.78, 5) is 1.46. The van der Waals surface area contributed by atoms with Gasteiger partial charge in [0.2, 0.25) is 0 Å². The van der Waals surface area contributed by atoms with Crippen molar-refractivity contribution in [1.82, 2.24) is 14.1 Å². The smallest absolute Gasteiger partial charge is 0.357 e. The van der Waals surface area contributed by atoms with Crippen LogP contribution < -0.4 is 5.73 Å². The number of aromatic nitrogens is 2. The normalized spacial score (nSPS) is 27.5. The molecule has 1 aromatic heterocycles. The van der Waals surface area contributed by atoms with E-state index in [1.807, 2.05) is 0 Å². The minimum absolute atomic E-state index is 0.0236. The summed E-state index contributed by atoms with van der Waals surface area (Å²) in [6, 6.07) is 0.226. The fourth-order valence-electron chi connectivity index (χ4n) is 4.10. The third-order valence-corrected chi connectivity index (χ3v) is 6.39. The zero-order valence-electron chi connectivity index (χ0n) is 16.2. The van der Waals surface area contributed by atoms with Crippen LogP contribution in [-0.4, -0.2) is 53.1 Å². The maximum absolute atomic E-state index is 14.2. The molecule has 0 bridgehead atoms. The van der Waals surface area contributed by atoms with Crippen molar-refractivity contribution in [3.8, 4) is 0 Å². The van der Waals surface area contributed by atoms with Gasteiger partial charge in [-0.1, -0.05) is 0 Å². The van der Waals surface area contributed by atoms with E-state index in [0.29, 0.717) is 11.3 Å². The molecule has 2 aliphatic heterocycles. The van der Waals surface area contributed by atoms with Crippen molar-refractivity contribution in [2.45, 2.75) is 50.0 Å². The van der Waals surface area contributed by atoms with Crippen molar-refractivity contribution in [2.24, 2.45) is 5.73 Å². The van der Waals surface area contributed by atoms with Crippen LogP contribution in [0.1, 0.15) is 29.3 Å². The number of hydrogen-bond acceptors (Lipinski definition) is 6. The van der Waals surface area contributed by atoms with Gasteiger partial charge in [0.1, 0.15) is 17.7 Å². The van der Waals surface area contributed by atoms with Gasteiger partial charge in [-0.15, -0.1) is 0 Å². The van der Waals surface area contributed by atoms with E-state index in [4.69, 9.17) is 10.5 Å². The van der Waals surface area contributed by atoms with Gasteiger partial charge < -0.3 is 10.5 Å². The maximum Gasteiger partial charge on any atom is 0.416 e. The summed E-state index contributed by atoms with van der Waals surface area (Å²) in [5.41, 5.74) is 6.51. The largest absolute Gasteiger partial charge is 0.416 e. The molecule has 0 radical (unpaired) electrons. The first-order chi connectivity index (χ1) is 14.3. The minimum Gasteiger partial charge on any atom is -0.357 e. The van der Waals surface area contributed by atoms with Crippen molar-refractivity contribution >= 4 is 10.0 Å². The van der Waals surface area contributed by atoms with Crippen LogP contribution in [-0.2, 0) is 27.8 Å². The molecule has 3 heterocycles. The SMILES string of the molecule is CS(=O)(=O)n1cc2c(n1)CN(C1C[C@H](N)[C@@H](c3cc(F)ccc3F)OC1C(F)(F)F)C2. The van der Waals surface area contributed by atoms with E-state index in [1.165, 1.54) is 11.1 Å². The van der Waals surface area contributed by atoms with E-state index >= 15 is 0 Å². The van der Waals surface area contributed by atoms with Gasteiger partial charge in [0, 0.05) is 42.5 Å². The third kappa shape index (κ3) is 4.19. The lowest BCUT2D eigenvalue weighted by Gasteiger charge is -2.44. The Morgan fingerprint density at radius 2 is 1.94 bits per heavy atom. The van der Waals surface area contributed by atoms with Crippen LogP contribution in [0.4, 0.5) is 22.0 Å². The van der Waals surface area contributed by atoms with Crippen molar-refractivity contribution in [2.75, 3.05) is 6.26 Å². The average molecular weight is 466 g/mol. The number of hydrogen-bond donors (Lipinski definition) is 1. The molecular formula is C18H19F5N4O3S. The van der Waals surface area contributed by atoms with Gasteiger partial charge in [0.25, 0.3) is 10.0 Å². The van der Waals surface area contributed by atoms with E-state index in [9.17, 15) is 30.4 Å². The van der Waals surface area contributed by atoms with Crippen LogP contribution >= 0.6 is 0 Å². The molecule has 1 fully saturated rings. The highest BCUT2D eigenvalue weighted by Crippen LogP contribution is 2.42. The maximum atomic E-state index is 14.2. The predicted molar refractivity (Wildman–Crippen MR) is 98.1 cm³/mol. The molecule has 7 nitrogen and oxygen atoms in total. The lowest BCUT2D eigenvalue weighted by Crippen LogP contribution is -2.58. The summed E-state index contributed by atoms with van der Waals surface area (Å²) >= 11 is 0. The van der Waals surface area contributed by atoms with Crippen LogP contribution in [0.25, 0.3) is 0 Å². The minimum atomic E-state index is -4.79. The van der Waals surface area contributed by atoms with Gasteiger partial charge in [-0.3, -0.25) is 4.90 Å². The van der Waals surface area contributed by atoms with Crippen LogP contribution in [0, 0.1) is 11.6 Å². The zero-order chi connectivity index (χ0) is 22.7. The molecule has 1 aromatic carbocycles. The standard InChI is InChI=1S/C18H19F5N4O3S/c1-31(28,29)27-7-9-6-26(8-14(9)25-27)15-5-13(24)16(30-17(15)18(21,22)23)11-4-10(19)2-3-12(11)20/h2-4,7,13,15-17H,5-6,8,24H2,1H3/t13-,15?,16+,17?/m0/s1. The molecule has 4 rings (SSSR count). The first-order valence-electron chi connectivity index (χ1n) is 9.29. The highest BCUT2D eigenvalue weighted by molar-refractivity contribution is 7.89. The number of ether oxygens (including phenoxy) is 1. The van der Waals surface area contributed by atoms with E-state index < -0.39 is 52.1 Å². The summed E-state index contributed by atoms with van der Waals surface area (Å²) in [5, 5.41) is 3.94. The molecule has 4 atom stereocenters. The Hall–Kier alpha value is -2.09. The summed E-state index contributed by atoms with van der Waals surface area (Å²) in [7, 11) is -3.62. The number of benzene rings is 1. The van der Waals surface area contributed by atoms with Gasteiger partial charge in [0.15, 0.2) is 6.10 Å². The Morgan fingerprint density at radius 1 is 1.23 bits per heavy atom. The topological polar surface area (TPSA) is 90.5 Å². The summed E-state index contributed by atoms with van der Waals surface area (Å²) < 4.78 is 98.6. The molecule has 2 aromatic rings. The monoisotopic (exact) mass is 466 g/mol. The van der Waals surface area contributed by atoms with Gasteiger partial charge >= 0.3 is 6.18 Å². The molecular weight excluding hydrogens is 447 g/mol. The van der Waals surface area contributed by atoms with Crippen molar-refractivity contribution in [3.05, 3.63) is 52.9 Å². The van der Waals surface area contributed by atoms with Crippen LogP contribution in [0.5, 0.6) is 0 Å². The fourth-order valence-corrected chi connectivity index (χ4v) is 4.67. The summed E-state index contributed by atoms with van der Waals surface area (Å²) in [6.07, 6.45) is -6.53. The molecule has 13 heteroatoms. The van der Waals surface area contributed by atoms with Crippen molar-refractivity contribution in [1.29, 1.82) is 0 Å². The molecule has 1 saturated heterocycles. The molecule has 0 spiro atoms. The third-order valence-electron chi connectivity index (χ3n) is 5.52. The predicted octanol–water partition coefficient (Wildman–Crippen LogP) is 2.07. The molecule has 0 aliphatic carbocycles. The van der Waals surface area contributed by atoms with Crippen LogP contribution in [0.2, 0.25) is 0 Å². The molecule has 2 unspecified atom stereocenters. The van der Waals surface area contributed by atoms with E-state index in [-0.39, 0.29) is 25.1 Å². The van der Waals surface area contributed by atoms with Crippen LogP contribution in [0.15, 0.2) is 24.4 Å². The lowest BCUT2D eigenvalue weighted by molar-refractivity contribution is -0.269. The van der Waals surface area contributed by atoms with Gasteiger partial charge in [-0.25, -0.2) is 17.2 Å². The highest BCUT2D eigenvalue weighted by atomic mass is 32.2. The first-order valence-corrected chi connectivity index (χ1v) is 11.1. The van der Waals surface area contributed by atoms with Crippen LogP contribution in [0.3, 0.4) is 0 Å². The van der Waals surface area contributed by atoms with Gasteiger partial charge in [-0.05, 0) is 24.6 Å². The quantitative estimate of drug-likeness (QED) is 0.697. The Kier molecular flexibility index (Phi) is 5.35. The Balaban J connectivity index is 1.60. The molecule has 0 amide bonds. The molecule has 170 valence electrons. The molecule has 31 heavy (non-hydrogen) atoms. The molecule has 0 saturated carbocycles. The number of nitrogens with two attached hydrogens (primary N) is 1. The van der Waals surface area contributed by atoms with Gasteiger partial charge in [0.05, 0.1) is 11.9 Å². The van der Waals surface area contributed by atoms with E-state index in [1.54, 1.807) is 0 Å².